The van der Waals surface area contributed by atoms with Crippen LogP contribution in [0.25, 0.3) is 0 Å². The molecule has 0 spiro atoms. The number of hydrogen-bond donors (Lipinski definition) is 0. The van der Waals surface area contributed by atoms with Crippen molar-refractivity contribution in [3.05, 3.63) is 0 Å². The number of methoxy groups -OCH3 is 1. The molecule has 0 aliphatic rings. The number of ketones is 1. The van der Waals surface area contributed by atoms with E-state index in [0.717, 1.165) is 7.11 Å². The lowest BCUT2D eigenvalue weighted by Crippen LogP contribution is -2.25. The van der Waals surface area contributed by atoms with E-state index in [2.05, 4.69) is 4.74 Å². The lowest BCUT2D eigenvalue weighted by atomic mass is 10.2. The Morgan fingerprint density at radius 2 is 2.10 bits per heavy atom. The summed E-state index contributed by atoms with van der Waals surface area (Å²) in [7, 11) is 1.04. The molecular formula is C6H9FO3. The molecule has 0 amide bonds. The molecule has 0 saturated heterocycles. The van der Waals surface area contributed by atoms with Gasteiger partial charge in [-0.05, 0) is 0 Å². The van der Waals surface area contributed by atoms with Crippen LogP contribution < -0.4 is 0 Å². The minimum absolute atomic E-state index is 0.0102. The van der Waals surface area contributed by atoms with Gasteiger partial charge in [0.25, 0.3) is 6.17 Å². The minimum atomic E-state index is -2.10. The molecule has 0 radical (unpaired) electrons. The standard InChI is InChI=1S/C6H9FO3/c1-3-4(8)5(7)6(9)10-2/h5H,3H2,1-2H3. The molecule has 0 heterocycles. The summed E-state index contributed by atoms with van der Waals surface area (Å²) in [6.45, 7) is 1.48. The average molecular weight is 148 g/mol. The molecule has 0 aromatic carbocycles. The maximum Gasteiger partial charge on any atom is 0.348 e. The molecule has 0 N–H and O–H groups in total. The number of halogens is 1. The van der Waals surface area contributed by atoms with Gasteiger partial charge in [0.05, 0.1) is 7.11 Å². The number of ether oxygens (including phenoxy) is 1. The van der Waals surface area contributed by atoms with Crippen LogP contribution in [0, 0.1) is 0 Å². The Kier molecular flexibility index (Phi) is 3.61. The molecular weight excluding hydrogens is 139 g/mol. The third-order valence-electron chi connectivity index (χ3n) is 1.04. The molecule has 3 nitrogen and oxygen atoms in total. The number of rotatable bonds is 3. The van der Waals surface area contributed by atoms with Crippen LogP contribution in [0.15, 0.2) is 0 Å². The highest BCUT2D eigenvalue weighted by Crippen LogP contribution is 1.98. The first kappa shape index (κ1) is 9.07. The monoisotopic (exact) mass is 148 g/mol. The second-order valence-corrected chi connectivity index (χ2v) is 1.71. The molecule has 1 atom stereocenters. The molecule has 0 rings (SSSR count). The highest BCUT2D eigenvalue weighted by Gasteiger charge is 2.24. The van der Waals surface area contributed by atoms with Crippen molar-refractivity contribution in [3.63, 3.8) is 0 Å². The SMILES string of the molecule is CCC(=O)C(F)C(=O)OC. The third-order valence-corrected chi connectivity index (χ3v) is 1.04. The topological polar surface area (TPSA) is 43.4 Å². The van der Waals surface area contributed by atoms with Crippen molar-refractivity contribution in [3.8, 4) is 0 Å². The van der Waals surface area contributed by atoms with Gasteiger partial charge in [-0.3, -0.25) is 4.79 Å². The van der Waals surface area contributed by atoms with Gasteiger partial charge in [0.15, 0.2) is 5.78 Å². The Labute approximate surface area is 58.2 Å². The van der Waals surface area contributed by atoms with Crippen molar-refractivity contribution in [1.82, 2.24) is 0 Å². The van der Waals surface area contributed by atoms with E-state index in [9.17, 15) is 14.0 Å². The molecule has 1 unspecified atom stereocenters. The lowest BCUT2D eigenvalue weighted by molar-refractivity contribution is -0.150. The predicted molar refractivity (Wildman–Crippen MR) is 32.2 cm³/mol. The van der Waals surface area contributed by atoms with Crippen molar-refractivity contribution in [2.45, 2.75) is 19.5 Å². The fourth-order valence-electron chi connectivity index (χ4n) is 0.414. The highest BCUT2D eigenvalue weighted by molar-refractivity contribution is 6.01. The molecule has 0 bridgehead atoms. The summed E-state index contributed by atoms with van der Waals surface area (Å²) in [5.74, 6) is -1.86. The number of Topliss-reactive ketones (excluding diaryl/α,β-unsaturated/α-hetero) is 1. The van der Waals surface area contributed by atoms with Gasteiger partial charge in [0.2, 0.25) is 0 Å². The highest BCUT2D eigenvalue weighted by atomic mass is 19.1. The zero-order valence-electron chi connectivity index (χ0n) is 5.89. The van der Waals surface area contributed by atoms with E-state index in [0.29, 0.717) is 0 Å². The molecule has 0 fully saturated rings. The summed E-state index contributed by atoms with van der Waals surface area (Å²) in [5.41, 5.74) is 0. The van der Waals surface area contributed by atoms with E-state index in [1.807, 2.05) is 0 Å². The fourth-order valence-corrected chi connectivity index (χ4v) is 0.414. The first-order valence-electron chi connectivity index (χ1n) is 2.88. The first-order chi connectivity index (χ1) is 4.63. The molecule has 0 aromatic heterocycles. The van der Waals surface area contributed by atoms with Crippen molar-refractivity contribution in [2.24, 2.45) is 0 Å². The molecule has 0 aromatic rings. The average Bonchev–Trinajstić information content (AvgIpc) is 2.00. The molecule has 0 saturated carbocycles. The second kappa shape index (κ2) is 3.98. The van der Waals surface area contributed by atoms with Crippen LogP contribution in [0.2, 0.25) is 0 Å². The minimum Gasteiger partial charge on any atom is -0.467 e. The van der Waals surface area contributed by atoms with E-state index in [-0.39, 0.29) is 6.42 Å². The van der Waals surface area contributed by atoms with Gasteiger partial charge in [-0.25, -0.2) is 9.18 Å². The second-order valence-electron chi connectivity index (χ2n) is 1.71. The molecule has 0 aliphatic carbocycles. The van der Waals surface area contributed by atoms with Crippen molar-refractivity contribution < 1.29 is 18.7 Å². The first-order valence-corrected chi connectivity index (χ1v) is 2.88. The summed E-state index contributed by atoms with van der Waals surface area (Å²) in [6, 6.07) is 0. The van der Waals surface area contributed by atoms with Crippen LogP contribution >= 0.6 is 0 Å². The zero-order valence-corrected chi connectivity index (χ0v) is 5.89. The normalized spacial score (nSPS) is 12.3. The van der Waals surface area contributed by atoms with E-state index in [1.54, 1.807) is 0 Å². The summed E-state index contributed by atoms with van der Waals surface area (Å²) in [5, 5.41) is 0. The van der Waals surface area contributed by atoms with Gasteiger partial charge in [-0.15, -0.1) is 0 Å². The number of hydrogen-bond acceptors (Lipinski definition) is 3. The van der Waals surface area contributed by atoms with Crippen molar-refractivity contribution in [1.29, 1.82) is 0 Å². The van der Waals surface area contributed by atoms with E-state index >= 15 is 0 Å². The van der Waals surface area contributed by atoms with Gasteiger partial charge in [0.1, 0.15) is 0 Å². The summed E-state index contributed by atoms with van der Waals surface area (Å²) in [4.78, 5) is 20.7. The van der Waals surface area contributed by atoms with Crippen LogP contribution in [0.3, 0.4) is 0 Å². The van der Waals surface area contributed by atoms with Crippen molar-refractivity contribution >= 4 is 11.8 Å². The number of alkyl halides is 1. The van der Waals surface area contributed by atoms with E-state index < -0.39 is 17.9 Å². The van der Waals surface area contributed by atoms with Gasteiger partial charge in [-0.1, -0.05) is 6.92 Å². The number of carbonyl (C=O) groups is 2. The summed E-state index contributed by atoms with van der Waals surface area (Å²) < 4.78 is 16.4. The Bertz CT molecular complexity index is 128. The van der Waals surface area contributed by atoms with E-state index in [4.69, 9.17) is 0 Å². The van der Waals surface area contributed by atoms with Crippen LogP contribution in [-0.4, -0.2) is 25.0 Å². The Morgan fingerprint density at radius 1 is 1.60 bits per heavy atom. The summed E-state index contributed by atoms with van der Waals surface area (Å²) in [6.07, 6.45) is -2.09. The predicted octanol–water partition coefficient (Wildman–Crippen LogP) is 0.477. The Morgan fingerprint density at radius 3 is 2.40 bits per heavy atom. The molecule has 0 aliphatic heterocycles. The molecule has 4 heteroatoms. The van der Waals surface area contributed by atoms with Crippen LogP contribution in [-0.2, 0) is 14.3 Å². The number of carbonyl (C=O) groups excluding carboxylic acids is 2. The maximum atomic E-state index is 12.4. The van der Waals surface area contributed by atoms with Gasteiger partial charge >= 0.3 is 5.97 Å². The number of esters is 1. The fraction of sp³-hybridized carbons (Fsp3) is 0.667. The largest absolute Gasteiger partial charge is 0.467 e. The lowest BCUT2D eigenvalue weighted by Gasteiger charge is -2.01. The molecule has 58 valence electrons. The van der Waals surface area contributed by atoms with Crippen LogP contribution in [0.1, 0.15) is 13.3 Å². The zero-order chi connectivity index (χ0) is 8.15. The Hall–Kier alpha value is -0.930. The van der Waals surface area contributed by atoms with Crippen molar-refractivity contribution in [2.75, 3.05) is 7.11 Å². The van der Waals surface area contributed by atoms with Crippen LogP contribution in [0.4, 0.5) is 4.39 Å². The Balaban J connectivity index is 3.94. The molecule has 10 heavy (non-hydrogen) atoms. The van der Waals surface area contributed by atoms with Gasteiger partial charge in [0, 0.05) is 6.42 Å². The van der Waals surface area contributed by atoms with E-state index in [1.165, 1.54) is 6.92 Å². The summed E-state index contributed by atoms with van der Waals surface area (Å²) >= 11 is 0. The maximum absolute atomic E-state index is 12.4. The quantitative estimate of drug-likeness (QED) is 0.431. The third kappa shape index (κ3) is 2.13. The smallest absolute Gasteiger partial charge is 0.348 e. The van der Waals surface area contributed by atoms with Gasteiger partial charge < -0.3 is 4.74 Å². The van der Waals surface area contributed by atoms with Gasteiger partial charge in [-0.2, -0.15) is 0 Å². The van der Waals surface area contributed by atoms with Crippen LogP contribution in [0.5, 0.6) is 0 Å².